The molecule has 0 saturated carbocycles. The summed E-state index contributed by atoms with van der Waals surface area (Å²) in [5, 5.41) is 69.7. The fraction of sp³-hybridized carbons (Fsp3) is 0.286. The molecule has 0 bridgehead atoms. The van der Waals surface area contributed by atoms with Gasteiger partial charge in [-0.15, -0.1) is 0 Å². The van der Waals surface area contributed by atoms with Gasteiger partial charge in [-0.25, -0.2) is 0 Å². The molecule has 170 valence electrons. The first-order valence-corrected chi connectivity index (χ1v) is 9.50. The summed E-state index contributed by atoms with van der Waals surface area (Å²) in [5.41, 5.74) is -1.08. The van der Waals surface area contributed by atoms with Crippen molar-refractivity contribution in [1.29, 1.82) is 0 Å². The Morgan fingerprint density at radius 1 is 0.906 bits per heavy atom. The minimum atomic E-state index is -1.74. The normalized spacial score (nSPS) is 25.7. The van der Waals surface area contributed by atoms with E-state index in [1.54, 1.807) is 0 Å². The molecule has 3 aromatic rings. The summed E-state index contributed by atoms with van der Waals surface area (Å²) < 4.78 is 16.3. The molecule has 1 aliphatic rings. The van der Waals surface area contributed by atoms with E-state index in [-0.39, 0.29) is 22.3 Å². The van der Waals surface area contributed by atoms with Crippen molar-refractivity contribution in [1.82, 2.24) is 0 Å². The van der Waals surface area contributed by atoms with Crippen LogP contribution in [0.15, 0.2) is 39.5 Å². The number of ether oxygens (including phenoxy) is 2. The quantitative estimate of drug-likeness (QED) is 0.276. The highest BCUT2D eigenvalue weighted by Gasteiger charge is 2.44. The predicted molar refractivity (Wildman–Crippen MR) is 108 cm³/mol. The van der Waals surface area contributed by atoms with E-state index in [9.17, 15) is 40.5 Å². The molecule has 1 fully saturated rings. The molecule has 1 aliphatic heterocycles. The number of hydrogen-bond donors (Lipinski definition) is 7. The van der Waals surface area contributed by atoms with E-state index in [0.29, 0.717) is 0 Å². The third kappa shape index (κ3) is 3.56. The van der Waals surface area contributed by atoms with Crippen LogP contribution in [0.5, 0.6) is 28.7 Å². The molecule has 1 saturated heterocycles. The highest BCUT2D eigenvalue weighted by atomic mass is 16.6. The van der Waals surface area contributed by atoms with Crippen molar-refractivity contribution in [3.8, 4) is 40.1 Å². The van der Waals surface area contributed by atoms with Gasteiger partial charge in [0.05, 0.1) is 6.10 Å². The maximum atomic E-state index is 13.3. The van der Waals surface area contributed by atoms with Crippen LogP contribution in [0, 0.1) is 0 Å². The van der Waals surface area contributed by atoms with Gasteiger partial charge in [-0.2, -0.15) is 0 Å². The third-order valence-electron chi connectivity index (χ3n) is 5.21. The molecule has 0 amide bonds. The van der Waals surface area contributed by atoms with E-state index in [2.05, 4.69) is 0 Å². The van der Waals surface area contributed by atoms with Crippen molar-refractivity contribution in [3.05, 3.63) is 40.6 Å². The summed E-state index contributed by atoms with van der Waals surface area (Å²) in [6.45, 7) is 1.42. The van der Waals surface area contributed by atoms with Gasteiger partial charge in [0, 0.05) is 17.7 Å². The highest BCUT2D eigenvalue weighted by molar-refractivity contribution is 5.88. The smallest absolute Gasteiger partial charge is 0.239 e. The van der Waals surface area contributed by atoms with Crippen molar-refractivity contribution in [2.24, 2.45) is 0 Å². The van der Waals surface area contributed by atoms with Gasteiger partial charge in [-0.1, -0.05) is 0 Å². The molecule has 5 atom stereocenters. The predicted octanol–water partition coefficient (Wildman–Crippen LogP) is 0.489. The zero-order valence-corrected chi connectivity index (χ0v) is 16.5. The van der Waals surface area contributed by atoms with Crippen LogP contribution in [-0.4, -0.2) is 66.5 Å². The van der Waals surface area contributed by atoms with Crippen LogP contribution in [0.25, 0.3) is 22.3 Å². The summed E-state index contributed by atoms with van der Waals surface area (Å²) in [5.74, 6) is -2.84. The molecular weight excluding hydrogens is 428 g/mol. The summed E-state index contributed by atoms with van der Waals surface area (Å²) in [6.07, 6.45) is -7.41. The molecule has 0 spiro atoms. The average Bonchev–Trinajstić information content (AvgIpc) is 2.72. The van der Waals surface area contributed by atoms with Gasteiger partial charge in [0.1, 0.15) is 34.7 Å². The Balaban J connectivity index is 1.96. The van der Waals surface area contributed by atoms with Gasteiger partial charge < -0.3 is 49.6 Å². The second kappa shape index (κ2) is 7.88. The molecule has 2 heterocycles. The van der Waals surface area contributed by atoms with Crippen LogP contribution in [0.2, 0.25) is 0 Å². The molecule has 7 N–H and O–H groups in total. The van der Waals surface area contributed by atoms with E-state index in [1.165, 1.54) is 13.0 Å². The Kier molecular flexibility index (Phi) is 5.34. The number of phenolic OH excluding ortho intramolecular Hbond substituents is 4. The van der Waals surface area contributed by atoms with Crippen molar-refractivity contribution < 1.29 is 49.6 Å². The number of hydrogen-bond acceptors (Lipinski definition) is 11. The van der Waals surface area contributed by atoms with Crippen LogP contribution in [0.1, 0.15) is 6.92 Å². The number of aromatic hydroxyl groups is 4. The number of rotatable bonds is 3. The van der Waals surface area contributed by atoms with Crippen LogP contribution in [-0.2, 0) is 4.74 Å². The van der Waals surface area contributed by atoms with E-state index in [4.69, 9.17) is 13.9 Å². The van der Waals surface area contributed by atoms with Crippen LogP contribution >= 0.6 is 0 Å². The highest BCUT2D eigenvalue weighted by Crippen LogP contribution is 2.39. The minimum absolute atomic E-state index is 0.0572. The van der Waals surface area contributed by atoms with Gasteiger partial charge >= 0.3 is 0 Å². The zero-order valence-electron chi connectivity index (χ0n) is 16.5. The number of fused-ring (bicyclic) bond motifs is 1. The Bertz CT molecular complexity index is 1220. The van der Waals surface area contributed by atoms with Crippen molar-refractivity contribution in [3.63, 3.8) is 0 Å². The number of aliphatic hydroxyl groups excluding tert-OH is 3. The molecule has 0 aliphatic carbocycles. The minimum Gasteiger partial charge on any atom is -0.508 e. The fourth-order valence-corrected chi connectivity index (χ4v) is 3.52. The first-order chi connectivity index (χ1) is 15.1. The second-order valence-corrected chi connectivity index (χ2v) is 7.43. The Morgan fingerprint density at radius 3 is 2.31 bits per heavy atom. The molecule has 0 unspecified atom stereocenters. The van der Waals surface area contributed by atoms with Gasteiger partial charge in [-0.3, -0.25) is 4.79 Å². The molecule has 11 nitrogen and oxygen atoms in total. The standard InChI is InChI=1S/C21H20O11/c1-7-15(26)19(17(28)21(29)30-7)32-20-16(27)14-12(25)5-9(22)6-13(14)31-18(20)8-2-3-10(23)11(24)4-8/h2-7,15,17,19,21-26,28-29H,1H3/t7-,15+,17+,19-,21+/m1/s1. The van der Waals surface area contributed by atoms with Crippen molar-refractivity contribution >= 4 is 11.0 Å². The Hall–Kier alpha value is -3.51. The topological polar surface area (TPSA) is 190 Å². The maximum absolute atomic E-state index is 13.3. The summed E-state index contributed by atoms with van der Waals surface area (Å²) in [4.78, 5) is 13.3. The Morgan fingerprint density at radius 2 is 1.62 bits per heavy atom. The first kappa shape index (κ1) is 21.7. The molecule has 0 radical (unpaired) electrons. The van der Waals surface area contributed by atoms with Crippen LogP contribution in [0.4, 0.5) is 0 Å². The maximum Gasteiger partial charge on any atom is 0.239 e. The largest absolute Gasteiger partial charge is 0.508 e. The number of aliphatic hydroxyl groups is 3. The number of phenols is 4. The average molecular weight is 448 g/mol. The van der Waals surface area contributed by atoms with Crippen molar-refractivity contribution in [2.75, 3.05) is 0 Å². The summed E-state index contributed by atoms with van der Waals surface area (Å²) in [7, 11) is 0. The third-order valence-corrected chi connectivity index (χ3v) is 5.21. The Labute approximate surface area is 179 Å². The molecule has 1 aromatic heterocycles. The van der Waals surface area contributed by atoms with Gasteiger partial charge in [0.2, 0.25) is 11.2 Å². The van der Waals surface area contributed by atoms with E-state index in [1.807, 2.05) is 0 Å². The molecule has 32 heavy (non-hydrogen) atoms. The van der Waals surface area contributed by atoms with Crippen molar-refractivity contribution in [2.45, 2.75) is 37.6 Å². The lowest BCUT2D eigenvalue weighted by Gasteiger charge is -2.39. The zero-order chi connectivity index (χ0) is 23.3. The van der Waals surface area contributed by atoms with Gasteiger partial charge in [0.25, 0.3) is 0 Å². The SMILES string of the molecule is C[C@H]1O[C@H](O)[C@@H](O)[C@H](Oc2c(-c3ccc(O)c(O)c3)oc3cc(O)cc(O)c3c2=O)[C@H]1O. The second-order valence-electron chi connectivity index (χ2n) is 7.43. The lowest BCUT2D eigenvalue weighted by atomic mass is 9.99. The lowest BCUT2D eigenvalue weighted by Crippen LogP contribution is -2.59. The van der Waals surface area contributed by atoms with Crippen LogP contribution < -0.4 is 10.2 Å². The van der Waals surface area contributed by atoms with Gasteiger partial charge in [0.15, 0.2) is 29.7 Å². The molecular formula is C21H20O11. The first-order valence-electron chi connectivity index (χ1n) is 9.50. The van der Waals surface area contributed by atoms with E-state index in [0.717, 1.165) is 24.3 Å². The number of benzene rings is 2. The summed E-state index contributed by atoms with van der Waals surface area (Å²) >= 11 is 0. The molecule has 2 aromatic carbocycles. The van der Waals surface area contributed by atoms with Crippen LogP contribution in [0.3, 0.4) is 0 Å². The molecule has 11 heteroatoms. The monoisotopic (exact) mass is 448 g/mol. The van der Waals surface area contributed by atoms with E-state index < -0.39 is 64.9 Å². The summed E-state index contributed by atoms with van der Waals surface area (Å²) in [6, 6.07) is 5.49. The molecule has 4 rings (SSSR count). The fourth-order valence-electron chi connectivity index (χ4n) is 3.52. The lowest BCUT2D eigenvalue weighted by molar-refractivity contribution is -0.272. The van der Waals surface area contributed by atoms with E-state index >= 15 is 0 Å². The van der Waals surface area contributed by atoms with Gasteiger partial charge in [-0.05, 0) is 25.1 Å².